The standard InChI is InChI=1S/C21H20F3N3O3S/c1-14-2-8-18(9-3-14)31(28,29)27-12-10-16(11-13-27)20-25-19(26-30-20)15-4-6-17(7-5-15)21(22,23)24/h2-9,16H,10-13H2,1H3. The van der Waals surface area contributed by atoms with Crippen LogP contribution in [0.3, 0.4) is 0 Å². The molecule has 2 aromatic carbocycles. The minimum atomic E-state index is -4.41. The largest absolute Gasteiger partial charge is 0.416 e. The van der Waals surface area contributed by atoms with Crippen LogP contribution in [0.5, 0.6) is 0 Å². The lowest BCUT2D eigenvalue weighted by atomic mass is 9.98. The van der Waals surface area contributed by atoms with Gasteiger partial charge in [-0.25, -0.2) is 8.42 Å². The maximum atomic E-state index is 12.8. The zero-order chi connectivity index (χ0) is 22.2. The molecule has 0 atom stereocenters. The first-order valence-electron chi connectivity index (χ1n) is 9.72. The summed E-state index contributed by atoms with van der Waals surface area (Å²) in [5.74, 6) is 0.459. The molecule has 0 aliphatic carbocycles. The van der Waals surface area contributed by atoms with Crippen molar-refractivity contribution in [3.63, 3.8) is 0 Å². The molecule has 0 spiro atoms. The number of rotatable bonds is 4. The highest BCUT2D eigenvalue weighted by atomic mass is 32.2. The molecule has 10 heteroatoms. The van der Waals surface area contributed by atoms with Crippen LogP contribution in [-0.4, -0.2) is 36.0 Å². The monoisotopic (exact) mass is 451 g/mol. The normalized spacial score (nSPS) is 16.5. The molecule has 0 amide bonds. The van der Waals surface area contributed by atoms with Gasteiger partial charge in [-0.2, -0.15) is 22.5 Å². The number of hydrogen-bond donors (Lipinski definition) is 0. The Bertz CT molecular complexity index is 1150. The summed E-state index contributed by atoms with van der Waals surface area (Å²) in [7, 11) is -3.56. The average molecular weight is 451 g/mol. The zero-order valence-electron chi connectivity index (χ0n) is 16.6. The van der Waals surface area contributed by atoms with Gasteiger partial charge in [0.2, 0.25) is 21.7 Å². The van der Waals surface area contributed by atoms with Gasteiger partial charge in [0.25, 0.3) is 0 Å². The van der Waals surface area contributed by atoms with Crippen LogP contribution in [0, 0.1) is 6.92 Å². The molecule has 0 radical (unpaired) electrons. The van der Waals surface area contributed by atoms with E-state index < -0.39 is 21.8 Å². The first-order chi connectivity index (χ1) is 14.6. The maximum Gasteiger partial charge on any atom is 0.416 e. The Hall–Kier alpha value is -2.72. The van der Waals surface area contributed by atoms with Crippen LogP contribution >= 0.6 is 0 Å². The highest BCUT2D eigenvalue weighted by molar-refractivity contribution is 7.89. The molecular weight excluding hydrogens is 431 g/mol. The van der Waals surface area contributed by atoms with Crippen LogP contribution in [0.15, 0.2) is 57.9 Å². The highest BCUT2D eigenvalue weighted by Gasteiger charge is 2.33. The van der Waals surface area contributed by atoms with Gasteiger partial charge in [0.05, 0.1) is 10.5 Å². The second kappa shape index (κ2) is 8.08. The Morgan fingerprint density at radius 2 is 1.61 bits per heavy atom. The fraction of sp³-hybridized carbons (Fsp3) is 0.333. The Morgan fingerprint density at radius 3 is 2.19 bits per heavy atom. The van der Waals surface area contributed by atoms with E-state index in [9.17, 15) is 21.6 Å². The molecule has 1 aromatic heterocycles. The highest BCUT2D eigenvalue weighted by Crippen LogP contribution is 2.33. The van der Waals surface area contributed by atoms with E-state index in [0.717, 1.165) is 17.7 Å². The Balaban J connectivity index is 1.43. The minimum Gasteiger partial charge on any atom is -0.339 e. The van der Waals surface area contributed by atoms with Crippen molar-refractivity contribution >= 4 is 10.0 Å². The summed E-state index contributed by atoms with van der Waals surface area (Å²) in [6.07, 6.45) is -3.38. The lowest BCUT2D eigenvalue weighted by Gasteiger charge is -2.29. The Labute approximate surface area is 177 Å². The molecule has 164 valence electrons. The first-order valence-corrected chi connectivity index (χ1v) is 11.2. The van der Waals surface area contributed by atoms with Gasteiger partial charge < -0.3 is 4.52 Å². The second-order valence-corrected chi connectivity index (χ2v) is 9.46. The lowest BCUT2D eigenvalue weighted by Crippen LogP contribution is -2.37. The third-order valence-corrected chi connectivity index (χ3v) is 7.29. The van der Waals surface area contributed by atoms with E-state index in [1.54, 1.807) is 24.3 Å². The van der Waals surface area contributed by atoms with Crippen molar-refractivity contribution in [2.45, 2.75) is 36.8 Å². The summed E-state index contributed by atoms with van der Waals surface area (Å²) in [5.41, 5.74) is 0.655. The van der Waals surface area contributed by atoms with Gasteiger partial charge in [0.15, 0.2) is 0 Å². The number of piperidine rings is 1. The van der Waals surface area contributed by atoms with E-state index in [1.807, 2.05) is 6.92 Å². The minimum absolute atomic E-state index is 0.111. The molecule has 0 N–H and O–H groups in total. The summed E-state index contributed by atoms with van der Waals surface area (Å²) in [5, 5.41) is 3.88. The van der Waals surface area contributed by atoms with Crippen molar-refractivity contribution in [1.29, 1.82) is 0 Å². The molecule has 1 saturated heterocycles. The lowest BCUT2D eigenvalue weighted by molar-refractivity contribution is -0.137. The smallest absolute Gasteiger partial charge is 0.339 e. The van der Waals surface area contributed by atoms with Gasteiger partial charge in [0, 0.05) is 24.6 Å². The van der Waals surface area contributed by atoms with Crippen LogP contribution in [-0.2, 0) is 16.2 Å². The molecule has 31 heavy (non-hydrogen) atoms. The molecule has 0 saturated carbocycles. The van der Waals surface area contributed by atoms with Crippen LogP contribution in [0.2, 0.25) is 0 Å². The number of halogens is 3. The van der Waals surface area contributed by atoms with E-state index in [0.29, 0.717) is 37.4 Å². The second-order valence-electron chi connectivity index (χ2n) is 7.52. The Kier molecular flexibility index (Phi) is 5.61. The van der Waals surface area contributed by atoms with Crippen LogP contribution in [0.25, 0.3) is 11.4 Å². The SMILES string of the molecule is Cc1ccc(S(=O)(=O)N2CCC(c3nc(-c4ccc(C(F)(F)F)cc4)no3)CC2)cc1. The molecule has 1 aliphatic heterocycles. The van der Waals surface area contributed by atoms with Crippen LogP contribution < -0.4 is 0 Å². The molecule has 1 aliphatic rings. The number of alkyl halides is 3. The Morgan fingerprint density at radius 1 is 1.00 bits per heavy atom. The summed E-state index contributed by atoms with van der Waals surface area (Å²) < 4.78 is 70.6. The van der Waals surface area contributed by atoms with E-state index in [-0.39, 0.29) is 16.6 Å². The van der Waals surface area contributed by atoms with E-state index in [4.69, 9.17) is 4.52 Å². The number of nitrogens with zero attached hydrogens (tertiary/aromatic N) is 3. The van der Waals surface area contributed by atoms with Crippen LogP contribution in [0.4, 0.5) is 13.2 Å². The topological polar surface area (TPSA) is 76.3 Å². The zero-order valence-corrected chi connectivity index (χ0v) is 17.4. The van der Waals surface area contributed by atoms with Gasteiger partial charge in [-0.15, -0.1) is 0 Å². The van der Waals surface area contributed by atoms with Crippen molar-refractivity contribution in [3.8, 4) is 11.4 Å². The fourth-order valence-corrected chi connectivity index (χ4v) is 5.00. The molecular formula is C21H20F3N3O3S. The molecule has 4 rings (SSSR count). The van der Waals surface area contributed by atoms with Crippen LogP contribution in [0.1, 0.15) is 35.8 Å². The first kappa shape index (κ1) is 21.5. The molecule has 6 nitrogen and oxygen atoms in total. The van der Waals surface area contributed by atoms with Crippen molar-refractivity contribution in [1.82, 2.24) is 14.4 Å². The third kappa shape index (κ3) is 4.49. The van der Waals surface area contributed by atoms with Gasteiger partial charge in [-0.3, -0.25) is 0 Å². The van der Waals surface area contributed by atoms with Gasteiger partial charge >= 0.3 is 6.18 Å². The molecule has 0 unspecified atom stereocenters. The quantitative estimate of drug-likeness (QED) is 0.578. The van der Waals surface area contributed by atoms with Crippen molar-refractivity contribution in [3.05, 3.63) is 65.5 Å². The predicted octanol–water partition coefficient (Wildman–Crippen LogP) is 4.63. The third-order valence-electron chi connectivity index (χ3n) is 5.37. The van der Waals surface area contributed by atoms with Crippen molar-refractivity contribution < 1.29 is 26.1 Å². The fourth-order valence-electron chi connectivity index (χ4n) is 3.53. The number of hydrogen-bond acceptors (Lipinski definition) is 5. The number of sulfonamides is 1. The molecule has 0 bridgehead atoms. The van der Waals surface area contributed by atoms with Gasteiger partial charge in [-0.05, 0) is 44.0 Å². The average Bonchev–Trinajstić information content (AvgIpc) is 3.24. The summed E-state index contributed by atoms with van der Waals surface area (Å²) in [6.45, 7) is 2.53. The van der Waals surface area contributed by atoms with E-state index >= 15 is 0 Å². The molecule has 1 fully saturated rings. The van der Waals surface area contributed by atoms with Gasteiger partial charge in [-0.1, -0.05) is 35.0 Å². The van der Waals surface area contributed by atoms with Gasteiger partial charge in [0.1, 0.15) is 0 Å². The summed E-state index contributed by atoms with van der Waals surface area (Å²) in [6, 6.07) is 11.3. The number of aromatic nitrogens is 2. The molecule has 2 heterocycles. The molecule has 3 aromatic rings. The summed E-state index contributed by atoms with van der Waals surface area (Å²) in [4.78, 5) is 4.59. The number of aryl methyl sites for hydroxylation is 1. The predicted molar refractivity (Wildman–Crippen MR) is 107 cm³/mol. The number of benzene rings is 2. The van der Waals surface area contributed by atoms with Crippen molar-refractivity contribution in [2.24, 2.45) is 0 Å². The van der Waals surface area contributed by atoms with E-state index in [2.05, 4.69) is 10.1 Å². The summed E-state index contributed by atoms with van der Waals surface area (Å²) >= 11 is 0. The maximum absolute atomic E-state index is 12.8. The van der Waals surface area contributed by atoms with Crippen molar-refractivity contribution in [2.75, 3.05) is 13.1 Å². The van der Waals surface area contributed by atoms with E-state index in [1.165, 1.54) is 16.4 Å².